The van der Waals surface area contributed by atoms with E-state index >= 15 is 0 Å². The molecule has 0 aliphatic rings. The van der Waals surface area contributed by atoms with Crippen LogP contribution in [0, 0.1) is 0 Å². The molecule has 0 amide bonds. The Kier molecular flexibility index (Phi) is 6.17. The monoisotopic (exact) mass is 209 g/mol. The summed E-state index contributed by atoms with van der Waals surface area (Å²) in [6.07, 6.45) is -5.63. The highest BCUT2D eigenvalue weighted by Crippen LogP contribution is 2.05. The quantitative estimate of drug-likeness (QED) is 0.319. The fourth-order valence-electron chi connectivity index (χ4n) is 1.05. The molecule has 0 heterocycles. The molecule has 0 aromatic rings. The van der Waals surface area contributed by atoms with Crippen molar-refractivity contribution in [3.05, 3.63) is 0 Å². The molecule has 86 valence electrons. The Morgan fingerprint density at radius 1 is 0.929 bits per heavy atom. The molecule has 0 spiro atoms. The maximum Gasteiger partial charge on any atom is 0.111 e. The molecule has 6 nitrogen and oxygen atoms in total. The summed E-state index contributed by atoms with van der Waals surface area (Å²) in [6, 6.07) is 0. The minimum absolute atomic E-state index is 0.163. The summed E-state index contributed by atoms with van der Waals surface area (Å²) in [5.41, 5.74) is 0. The fourth-order valence-corrected chi connectivity index (χ4v) is 1.05. The third-order valence-corrected chi connectivity index (χ3v) is 1.88. The van der Waals surface area contributed by atoms with Gasteiger partial charge in [0.05, 0.1) is 12.7 Å². The van der Waals surface area contributed by atoms with E-state index in [-0.39, 0.29) is 6.54 Å². The van der Waals surface area contributed by atoms with Gasteiger partial charge in [-0.25, -0.2) is 0 Å². The van der Waals surface area contributed by atoms with Gasteiger partial charge in [-0.1, -0.05) is 0 Å². The molecule has 5 N–H and O–H groups in total. The lowest BCUT2D eigenvalue weighted by Crippen LogP contribution is -2.48. The molecule has 0 bridgehead atoms. The van der Waals surface area contributed by atoms with Crippen LogP contribution in [0.15, 0.2) is 0 Å². The molecule has 0 saturated heterocycles. The number of hydrogen-bond donors (Lipinski definition) is 5. The highest BCUT2D eigenvalue weighted by atomic mass is 16.4. The van der Waals surface area contributed by atoms with Gasteiger partial charge in [0.2, 0.25) is 0 Å². The van der Waals surface area contributed by atoms with E-state index in [9.17, 15) is 15.3 Å². The molecule has 14 heavy (non-hydrogen) atoms. The summed E-state index contributed by atoms with van der Waals surface area (Å²) >= 11 is 0. The van der Waals surface area contributed by atoms with E-state index in [2.05, 4.69) is 0 Å². The first-order valence-electron chi connectivity index (χ1n) is 4.38. The first kappa shape index (κ1) is 13.8. The van der Waals surface area contributed by atoms with Crippen LogP contribution >= 0.6 is 0 Å². The number of hydrogen-bond acceptors (Lipinski definition) is 6. The molecule has 0 aliphatic carbocycles. The zero-order chi connectivity index (χ0) is 11.3. The largest absolute Gasteiger partial charge is 0.394 e. The zero-order valence-electron chi connectivity index (χ0n) is 8.41. The molecular formula is C8H19NO5. The van der Waals surface area contributed by atoms with Gasteiger partial charge in [-0.15, -0.1) is 0 Å². The second kappa shape index (κ2) is 6.28. The van der Waals surface area contributed by atoms with Gasteiger partial charge in [-0.05, 0) is 14.1 Å². The van der Waals surface area contributed by atoms with Crippen LogP contribution in [0.1, 0.15) is 0 Å². The molecule has 0 aliphatic heterocycles. The van der Waals surface area contributed by atoms with Crippen molar-refractivity contribution in [3.8, 4) is 0 Å². The standard InChI is InChI=1S/C8H19NO5/c1-9(2)3-5(11)7(13)8(14)6(12)4-10/h5-8,10-14H,3-4H2,1-2H3/t5-,6+,7-,8-/m0/s1. The summed E-state index contributed by atoms with van der Waals surface area (Å²) in [7, 11) is 3.40. The lowest BCUT2D eigenvalue weighted by Gasteiger charge is -2.27. The molecular weight excluding hydrogens is 190 g/mol. The van der Waals surface area contributed by atoms with Gasteiger partial charge < -0.3 is 30.4 Å². The van der Waals surface area contributed by atoms with Crippen LogP contribution in [0.5, 0.6) is 0 Å². The van der Waals surface area contributed by atoms with Crippen LogP contribution in [0.4, 0.5) is 0 Å². The lowest BCUT2D eigenvalue weighted by molar-refractivity contribution is -0.117. The average molecular weight is 209 g/mol. The molecule has 0 radical (unpaired) electrons. The Morgan fingerprint density at radius 2 is 1.36 bits per heavy atom. The van der Waals surface area contributed by atoms with Gasteiger partial charge in [-0.2, -0.15) is 0 Å². The van der Waals surface area contributed by atoms with E-state index in [4.69, 9.17) is 10.2 Å². The molecule has 4 atom stereocenters. The van der Waals surface area contributed by atoms with E-state index in [0.29, 0.717) is 0 Å². The molecule has 0 aromatic carbocycles. The van der Waals surface area contributed by atoms with Gasteiger partial charge >= 0.3 is 0 Å². The average Bonchev–Trinajstić information content (AvgIpc) is 2.13. The number of aliphatic hydroxyl groups excluding tert-OH is 5. The van der Waals surface area contributed by atoms with Gasteiger partial charge in [0.25, 0.3) is 0 Å². The third kappa shape index (κ3) is 4.32. The second-order valence-corrected chi connectivity index (χ2v) is 3.56. The highest BCUT2D eigenvalue weighted by Gasteiger charge is 2.29. The van der Waals surface area contributed by atoms with E-state index < -0.39 is 31.0 Å². The van der Waals surface area contributed by atoms with Gasteiger partial charge in [0, 0.05) is 6.54 Å². The number of nitrogens with zero attached hydrogens (tertiary/aromatic N) is 1. The van der Waals surface area contributed by atoms with Crippen molar-refractivity contribution in [2.24, 2.45) is 0 Å². The van der Waals surface area contributed by atoms with Crippen molar-refractivity contribution < 1.29 is 25.5 Å². The Bertz CT molecular complexity index is 155. The van der Waals surface area contributed by atoms with Crippen molar-refractivity contribution >= 4 is 0 Å². The third-order valence-electron chi connectivity index (χ3n) is 1.88. The van der Waals surface area contributed by atoms with Crippen LogP contribution in [0.25, 0.3) is 0 Å². The molecule has 6 heteroatoms. The number of likely N-dealkylation sites (N-methyl/N-ethyl adjacent to an activating group) is 1. The summed E-state index contributed by atoms with van der Waals surface area (Å²) in [5.74, 6) is 0. The summed E-state index contributed by atoms with van der Waals surface area (Å²) in [4.78, 5) is 1.63. The molecule has 0 unspecified atom stereocenters. The van der Waals surface area contributed by atoms with Crippen molar-refractivity contribution in [1.29, 1.82) is 0 Å². The Hall–Kier alpha value is -0.240. The van der Waals surface area contributed by atoms with E-state index in [1.807, 2.05) is 0 Å². The minimum Gasteiger partial charge on any atom is -0.394 e. The second-order valence-electron chi connectivity index (χ2n) is 3.56. The summed E-state index contributed by atoms with van der Waals surface area (Å²) in [6.45, 7) is -0.497. The SMILES string of the molecule is CN(C)C[C@H](O)[C@H](O)[C@@H](O)[C@H](O)CO. The smallest absolute Gasteiger partial charge is 0.111 e. The zero-order valence-corrected chi connectivity index (χ0v) is 8.41. The molecule has 0 saturated carbocycles. The molecule has 0 rings (SSSR count). The van der Waals surface area contributed by atoms with Gasteiger partial charge in [0.1, 0.15) is 18.3 Å². The number of rotatable bonds is 6. The summed E-state index contributed by atoms with van der Waals surface area (Å²) < 4.78 is 0. The normalized spacial score (nSPS) is 20.6. The van der Waals surface area contributed by atoms with Crippen LogP contribution in [0.3, 0.4) is 0 Å². The van der Waals surface area contributed by atoms with Crippen molar-refractivity contribution in [3.63, 3.8) is 0 Å². The van der Waals surface area contributed by atoms with Crippen LogP contribution in [-0.4, -0.2) is 82.1 Å². The van der Waals surface area contributed by atoms with E-state index in [1.54, 1.807) is 19.0 Å². The Balaban J connectivity index is 4.09. The maximum absolute atomic E-state index is 9.36. The predicted molar refractivity (Wildman–Crippen MR) is 49.7 cm³/mol. The van der Waals surface area contributed by atoms with Gasteiger partial charge in [0.15, 0.2) is 0 Å². The van der Waals surface area contributed by atoms with Crippen molar-refractivity contribution in [2.75, 3.05) is 27.2 Å². The van der Waals surface area contributed by atoms with E-state index in [1.165, 1.54) is 0 Å². The lowest BCUT2D eigenvalue weighted by atomic mass is 10.0. The van der Waals surface area contributed by atoms with Crippen molar-refractivity contribution in [2.45, 2.75) is 24.4 Å². The van der Waals surface area contributed by atoms with Crippen LogP contribution < -0.4 is 0 Å². The first-order chi connectivity index (χ1) is 6.40. The van der Waals surface area contributed by atoms with Crippen LogP contribution in [0.2, 0.25) is 0 Å². The Morgan fingerprint density at radius 3 is 1.71 bits per heavy atom. The van der Waals surface area contributed by atoms with Crippen molar-refractivity contribution in [1.82, 2.24) is 4.90 Å². The number of aliphatic hydroxyl groups is 5. The van der Waals surface area contributed by atoms with Crippen LogP contribution in [-0.2, 0) is 0 Å². The Labute approximate surface area is 83.0 Å². The summed E-state index contributed by atoms with van der Waals surface area (Å²) in [5, 5.41) is 45.4. The predicted octanol–water partition coefficient (Wildman–Crippen LogP) is -3.02. The topological polar surface area (TPSA) is 104 Å². The van der Waals surface area contributed by atoms with E-state index in [0.717, 1.165) is 0 Å². The minimum atomic E-state index is -1.55. The molecule has 0 fully saturated rings. The maximum atomic E-state index is 9.36. The van der Waals surface area contributed by atoms with Gasteiger partial charge in [-0.3, -0.25) is 0 Å². The molecule has 0 aromatic heterocycles. The first-order valence-corrected chi connectivity index (χ1v) is 4.38. The fraction of sp³-hybridized carbons (Fsp3) is 1.00. The highest BCUT2D eigenvalue weighted by molar-refractivity contribution is 4.81.